The fourth-order valence-electron chi connectivity index (χ4n) is 2.98. The summed E-state index contributed by atoms with van der Waals surface area (Å²) in [5, 5.41) is 6.06. The number of rotatable bonds is 5. The average molecular weight is 406 g/mol. The van der Waals surface area contributed by atoms with Crippen LogP contribution in [-0.2, 0) is 0 Å². The third-order valence-electron chi connectivity index (χ3n) is 4.44. The van der Waals surface area contributed by atoms with Crippen molar-refractivity contribution in [2.45, 2.75) is 0 Å². The molecular formula is C20H24ClN3O4. The van der Waals surface area contributed by atoms with E-state index in [1.54, 1.807) is 41.3 Å². The van der Waals surface area contributed by atoms with Crippen LogP contribution in [0.15, 0.2) is 42.5 Å². The summed E-state index contributed by atoms with van der Waals surface area (Å²) < 4.78 is 10.7. The number of nitrogens with one attached hydrogen (secondary N) is 2. The van der Waals surface area contributed by atoms with Gasteiger partial charge in [-0.1, -0.05) is 18.2 Å². The highest BCUT2D eigenvalue weighted by Crippen LogP contribution is 2.34. The quantitative estimate of drug-likeness (QED) is 0.798. The van der Waals surface area contributed by atoms with Gasteiger partial charge in [-0.05, 0) is 18.2 Å². The van der Waals surface area contributed by atoms with Gasteiger partial charge < -0.3 is 25.0 Å². The monoisotopic (exact) mass is 405 g/mol. The fraction of sp³-hybridized carbons (Fsp3) is 0.300. The molecule has 0 radical (unpaired) electrons. The van der Waals surface area contributed by atoms with E-state index in [-0.39, 0.29) is 24.2 Å². The maximum Gasteiger partial charge on any atom is 0.256 e. The van der Waals surface area contributed by atoms with Gasteiger partial charge in [-0.15, -0.1) is 12.4 Å². The molecule has 1 saturated heterocycles. The van der Waals surface area contributed by atoms with Gasteiger partial charge in [0, 0.05) is 37.8 Å². The Kier molecular flexibility index (Phi) is 7.66. The van der Waals surface area contributed by atoms with Crippen molar-refractivity contribution in [2.75, 3.05) is 45.7 Å². The topological polar surface area (TPSA) is 79.9 Å². The zero-order valence-corrected chi connectivity index (χ0v) is 16.7. The molecule has 28 heavy (non-hydrogen) atoms. The van der Waals surface area contributed by atoms with E-state index in [0.29, 0.717) is 41.4 Å². The molecule has 2 amide bonds. The van der Waals surface area contributed by atoms with Gasteiger partial charge in [0.15, 0.2) is 11.5 Å². The van der Waals surface area contributed by atoms with E-state index in [1.165, 1.54) is 14.2 Å². The minimum atomic E-state index is -0.294. The molecule has 0 atom stereocenters. The second kappa shape index (κ2) is 9.96. The van der Waals surface area contributed by atoms with Crippen molar-refractivity contribution in [1.29, 1.82) is 0 Å². The lowest BCUT2D eigenvalue weighted by Gasteiger charge is -2.28. The first-order valence-electron chi connectivity index (χ1n) is 8.76. The van der Waals surface area contributed by atoms with Gasteiger partial charge in [-0.2, -0.15) is 0 Å². The van der Waals surface area contributed by atoms with Gasteiger partial charge in [0.25, 0.3) is 11.8 Å². The van der Waals surface area contributed by atoms with Crippen molar-refractivity contribution in [2.24, 2.45) is 0 Å². The van der Waals surface area contributed by atoms with E-state index in [2.05, 4.69) is 10.6 Å². The van der Waals surface area contributed by atoms with Crippen LogP contribution in [0.5, 0.6) is 11.5 Å². The first kappa shape index (κ1) is 21.5. The molecule has 0 bridgehead atoms. The summed E-state index contributed by atoms with van der Waals surface area (Å²) >= 11 is 0. The predicted octanol–water partition coefficient (Wildman–Crippen LogP) is 2.42. The molecule has 0 aliphatic carbocycles. The molecule has 3 rings (SSSR count). The van der Waals surface area contributed by atoms with E-state index >= 15 is 0 Å². The molecule has 0 saturated carbocycles. The molecule has 2 aromatic rings. The molecule has 7 nitrogen and oxygen atoms in total. The molecule has 8 heteroatoms. The van der Waals surface area contributed by atoms with Crippen LogP contribution < -0.4 is 20.1 Å². The number of halogens is 1. The number of carbonyl (C=O) groups excluding carboxylic acids is 2. The van der Waals surface area contributed by atoms with Crippen molar-refractivity contribution in [1.82, 2.24) is 10.2 Å². The minimum absolute atomic E-state index is 0. The van der Waals surface area contributed by atoms with Crippen molar-refractivity contribution in [3.63, 3.8) is 0 Å². The lowest BCUT2D eigenvalue weighted by atomic mass is 10.1. The number of hydrogen-bond donors (Lipinski definition) is 2. The summed E-state index contributed by atoms with van der Waals surface area (Å²) in [6, 6.07) is 12.1. The Labute approximate surface area is 170 Å². The van der Waals surface area contributed by atoms with E-state index in [0.717, 1.165) is 13.1 Å². The zero-order chi connectivity index (χ0) is 19.2. The summed E-state index contributed by atoms with van der Waals surface area (Å²) in [5.74, 6) is 0.435. The Morgan fingerprint density at radius 3 is 2.21 bits per heavy atom. The lowest BCUT2D eigenvalue weighted by molar-refractivity contribution is 0.0736. The van der Waals surface area contributed by atoms with Gasteiger partial charge in [0.05, 0.1) is 25.5 Å². The SMILES string of the molecule is COc1cc(NC(=O)c2ccccc2)c(C(=O)N2CCNCC2)cc1OC.Cl. The number of nitrogens with zero attached hydrogens (tertiary/aromatic N) is 1. The van der Waals surface area contributed by atoms with Crippen LogP contribution in [0.2, 0.25) is 0 Å². The molecule has 1 aliphatic heterocycles. The van der Waals surface area contributed by atoms with Crippen molar-refractivity contribution < 1.29 is 19.1 Å². The third kappa shape index (κ3) is 4.74. The summed E-state index contributed by atoms with van der Waals surface area (Å²) in [5.41, 5.74) is 1.27. The molecule has 150 valence electrons. The molecule has 1 heterocycles. The summed E-state index contributed by atoms with van der Waals surface area (Å²) in [7, 11) is 3.03. The van der Waals surface area contributed by atoms with Gasteiger partial charge in [-0.25, -0.2) is 0 Å². The number of ether oxygens (including phenoxy) is 2. The highest BCUT2D eigenvalue weighted by atomic mass is 35.5. The van der Waals surface area contributed by atoms with Crippen LogP contribution in [0.1, 0.15) is 20.7 Å². The van der Waals surface area contributed by atoms with Crippen LogP contribution >= 0.6 is 12.4 Å². The molecule has 0 spiro atoms. The van der Waals surface area contributed by atoms with Crippen LogP contribution in [0.4, 0.5) is 5.69 Å². The van der Waals surface area contributed by atoms with Gasteiger partial charge in [0.2, 0.25) is 0 Å². The Balaban J connectivity index is 0.00000280. The fourth-order valence-corrected chi connectivity index (χ4v) is 2.98. The van der Waals surface area contributed by atoms with Crippen LogP contribution in [-0.4, -0.2) is 57.1 Å². The van der Waals surface area contributed by atoms with Crippen molar-refractivity contribution in [3.05, 3.63) is 53.6 Å². The molecule has 0 unspecified atom stereocenters. The first-order chi connectivity index (χ1) is 13.1. The standard InChI is InChI=1S/C20H23N3O4.ClH/c1-26-17-12-15(20(25)23-10-8-21-9-11-23)16(13-18(17)27-2)22-19(24)14-6-4-3-5-7-14;/h3-7,12-13,21H,8-11H2,1-2H3,(H,22,24);1H. The van der Waals surface area contributed by atoms with Crippen LogP contribution in [0, 0.1) is 0 Å². The second-order valence-electron chi connectivity index (χ2n) is 6.12. The Morgan fingerprint density at radius 1 is 1.00 bits per heavy atom. The van der Waals surface area contributed by atoms with Crippen LogP contribution in [0.25, 0.3) is 0 Å². The second-order valence-corrected chi connectivity index (χ2v) is 6.12. The van der Waals surface area contributed by atoms with E-state index in [9.17, 15) is 9.59 Å². The number of methoxy groups -OCH3 is 2. The summed E-state index contributed by atoms with van der Waals surface area (Å²) in [4.78, 5) is 27.4. The van der Waals surface area contributed by atoms with E-state index in [1.807, 2.05) is 6.07 Å². The number of amides is 2. The van der Waals surface area contributed by atoms with E-state index < -0.39 is 0 Å². The molecular weight excluding hydrogens is 382 g/mol. The van der Waals surface area contributed by atoms with Gasteiger partial charge >= 0.3 is 0 Å². The molecule has 2 N–H and O–H groups in total. The summed E-state index contributed by atoms with van der Waals surface area (Å²) in [6.45, 7) is 2.70. The number of hydrogen-bond acceptors (Lipinski definition) is 5. The predicted molar refractivity (Wildman–Crippen MR) is 110 cm³/mol. The largest absolute Gasteiger partial charge is 0.493 e. The molecule has 2 aromatic carbocycles. The number of benzene rings is 2. The van der Waals surface area contributed by atoms with Crippen molar-refractivity contribution in [3.8, 4) is 11.5 Å². The maximum absolute atomic E-state index is 13.1. The van der Waals surface area contributed by atoms with Gasteiger partial charge in [-0.3, -0.25) is 9.59 Å². The molecule has 1 fully saturated rings. The normalized spacial score (nSPS) is 13.3. The highest BCUT2D eigenvalue weighted by molar-refractivity contribution is 6.09. The lowest BCUT2D eigenvalue weighted by Crippen LogP contribution is -2.46. The molecule has 1 aliphatic rings. The Morgan fingerprint density at radius 2 is 1.61 bits per heavy atom. The average Bonchev–Trinajstić information content (AvgIpc) is 2.74. The zero-order valence-electron chi connectivity index (χ0n) is 15.9. The number of piperazine rings is 1. The highest BCUT2D eigenvalue weighted by Gasteiger charge is 2.24. The maximum atomic E-state index is 13.1. The summed E-state index contributed by atoms with van der Waals surface area (Å²) in [6.07, 6.45) is 0. The first-order valence-corrected chi connectivity index (χ1v) is 8.76. The van der Waals surface area contributed by atoms with Crippen LogP contribution in [0.3, 0.4) is 0 Å². The number of carbonyl (C=O) groups is 2. The number of anilines is 1. The Bertz CT molecular complexity index is 824. The Hall–Kier alpha value is -2.77. The van der Waals surface area contributed by atoms with E-state index in [4.69, 9.17) is 9.47 Å². The third-order valence-corrected chi connectivity index (χ3v) is 4.44. The smallest absolute Gasteiger partial charge is 0.256 e. The van der Waals surface area contributed by atoms with Crippen molar-refractivity contribution >= 4 is 29.9 Å². The van der Waals surface area contributed by atoms with Gasteiger partial charge in [0.1, 0.15) is 0 Å². The molecule has 0 aromatic heterocycles. The minimum Gasteiger partial charge on any atom is -0.493 e.